The highest BCUT2D eigenvalue weighted by Crippen LogP contribution is 2.24. The van der Waals surface area contributed by atoms with Gasteiger partial charge >= 0.3 is 6.18 Å². The smallest absolute Gasteiger partial charge is 0.449 e. The second kappa shape index (κ2) is 10.7. The number of halogens is 3. The third-order valence-corrected chi connectivity index (χ3v) is 3.84. The summed E-state index contributed by atoms with van der Waals surface area (Å²) in [5.74, 6) is -0.549. The predicted octanol–water partition coefficient (Wildman–Crippen LogP) is 3.79. The lowest BCUT2D eigenvalue weighted by Crippen LogP contribution is -2.22. The van der Waals surface area contributed by atoms with E-state index in [1.807, 2.05) is 0 Å². The number of carbonyl (C=O) groups excluding carboxylic acids is 2. The number of hydrogen-bond donors (Lipinski definition) is 1. The van der Waals surface area contributed by atoms with Crippen LogP contribution in [-0.2, 0) is 16.1 Å². The highest BCUT2D eigenvalue weighted by molar-refractivity contribution is 5.83. The maximum absolute atomic E-state index is 12.0. The number of methoxy groups -OCH3 is 2. The topological polar surface area (TPSA) is 64.6 Å². The van der Waals surface area contributed by atoms with Crippen molar-refractivity contribution in [3.63, 3.8) is 0 Å². The molecule has 0 saturated heterocycles. The first-order valence-electron chi connectivity index (χ1n) is 8.35. The molecule has 0 saturated carbocycles. The molecule has 0 fully saturated rings. The van der Waals surface area contributed by atoms with Gasteiger partial charge in [-0.3, -0.25) is 9.59 Å². The minimum absolute atomic E-state index is 0.152. The molecule has 1 aromatic rings. The molecule has 1 aromatic carbocycles. The lowest BCUT2D eigenvalue weighted by molar-refractivity contribution is -0.171. The molecular formula is C18H24F3NO4. The maximum atomic E-state index is 12.0. The van der Waals surface area contributed by atoms with Crippen molar-refractivity contribution < 1.29 is 32.2 Å². The van der Waals surface area contributed by atoms with Crippen LogP contribution in [0.15, 0.2) is 18.2 Å². The lowest BCUT2D eigenvalue weighted by atomic mass is 10.1. The fourth-order valence-corrected chi connectivity index (χ4v) is 2.37. The second-order valence-electron chi connectivity index (χ2n) is 5.79. The summed E-state index contributed by atoms with van der Waals surface area (Å²) in [5, 5.41) is 2.78. The number of hydrogen-bond acceptors (Lipinski definition) is 4. The fourth-order valence-electron chi connectivity index (χ4n) is 2.37. The van der Waals surface area contributed by atoms with E-state index in [1.54, 1.807) is 25.3 Å². The van der Waals surface area contributed by atoms with Crippen molar-refractivity contribution in [1.82, 2.24) is 5.32 Å². The molecule has 1 N–H and O–H groups in total. The van der Waals surface area contributed by atoms with Crippen LogP contribution >= 0.6 is 0 Å². The molecule has 0 atom stereocenters. The molecule has 0 aliphatic rings. The predicted molar refractivity (Wildman–Crippen MR) is 90.2 cm³/mol. The van der Waals surface area contributed by atoms with Gasteiger partial charge in [-0.15, -0.1) is 0 Å². The van der Waals surface area contributed by atoms with Crippen LogP contribution in [0.25, 0.3) is 0 Å². The highest BCUT2D eigenvalue weighted by Gasteiger charge is 2.36. The number of nitrogens with one attached hydrogen (secondary N) is 1. The first kappa shape index (κ1) is 21.8. The van der Waals surface area contributed by atoms with Crippen LogP contribution in [0.3, 0.4) is 0 Å². The van der Waals surface area contributed by atoms with Crippen LogP contribution in [-0.4, -0.2) is 32.1 Å². The molecule has 5 nitrogen and oxygen atoms in total. The van der Waals surface area contributed by atoms with Crippen molar-refractivity contribution in [1.29, 1.82) is 0 Å². The second-order valence-corrected chi connectivity index (χ2v) is 5.79. The van der Waals surface area contributed by atoms with Crippen LogP contribution in [0.1, 0.15) is 44.1 Å². The van der Waals surface area contributed by atoms with E-state index >= 15 is 0 Å². The van der Waals surface area contributed by atoms with Gasteiger partial charge in [-0.25, -0.2) is 0 Å². The molecule has 0 aromatic heterocycles. The Morgan fingerprint density at radius 1 is 1.00 bits per heavy atom. The summed E-state index contributed by atoms with van der Waals surface area (Å²) in [6, 6.07) is 5.28. The number of rotatable bonds is 11. The Morgan fingerprint density at radius 2 is 1.65 bits per heavy atom. The Morgan fingerprint density at radius 3 is 2.23 bits per heavy atom. The van der Waals surface area contributed by atoms with E-state index < -0.39 is 18.4 Å². The van der Waals surface area contributed by atoms with E-state index in [9.17, 15) is 22.8 Å². The zero-order valence-electron chi connectivity index (χ0n) is 14.9. The van der Waals surface area contributed by atoms with Crippen molar-refractivity contribution in [2.24, 2.45) is 0 Å². The summed E-state index contributed by atoms with van der Waals surface area (Å²) in [4.78, 5) is 22.6. The van der Waals surface area contributed by atoms with Gasteiger partial charge in [0, 0.05) is 24.9 Å². The SMILES string of the molecule is COc1ccc(OC)c(CNC(=O)CCCCCCC(=O)C(F)(F)F)c1. The Balaban J connectivity index is 2.24. The highest BCUT2D eigenvalue weighted by atomic mass is 19.4. The largest absolute Gasteiger partial charge is 0.497 e. The van der Waals surface area contributed by atoms with Gasteiger partial charge in [0.15, 0.2) is 0 Å². The van der Waals surface area contributed by atoms with E-state index in [4.69, 9.17) is 9.47 Å². The Kier molecular flexibility index (Phi) is 8.95. The molecule has 1 rings (SSSR count). The minimum atomic E-state index is -4.75. The zero-order chi connectivity index (χ0) is 19.6. The summed E-state index contributed by atoms with van der Waals surface area (Å²) < 4.78 is 46.5. The molecule has 26 heavy (non-hydrogen) atoms. The molecule has 0 aliphatic heterocycles. The number of benzene rings is 1. The van der Waals surface area contributed by atoms with Gasteiger partial charge in [-0.2, -0.15) is 13.2 Å². The maximum Gasteiger partial charge on any atom is 0.449 e. The number of Topliss-reactive ketones (excluding diaryl/α,β-unsaturated/α-hetero) is 1. The summed E-state index contributed by atoms with van der Waals surface area (Å²) in [6.07, 6.45) is -3.14. The molecule has 0 heterocycles. The van der Waals surface area contributed by atoms with E-state index in [-0.39, 0.29) is 18.7 Å². The van der Waals surface area contributed by atoms with Crippen molar-refractivity contribution in [3.05, 3.63) is 23.8 Å². The van der Waals surface area contributed by atoms with Gasteiger partial charge in [-0.1, -0.05) is 12.8 Å². The molecule has 146 valence electrons. The quantitative estimate of drug-likeness (QED) is 0.598. The Hall–Kier alpha value is -2.25. The van der Waals surface area contributed by atoms with Crippen LogP contribution in [0.4, 0.5) is 13.2 Å². The molecular weight excluding hydrogens is 351 g/mol. The van der Waals surface area contributed by atoms with Gasteiger partial charge in [0.1, 0.15) is 11.5 Å². The molecule has 0 unspecified atom stereocenters. The number of amides is 1. The minimum Gasteiger partial charge on any atom is -0.497 e. The van der Waals surface area contributed by atoms with Crippen LogP contribution in [0.5, 0.6) is 11.5 Å². The lowest BCUT2D eigenvalue weighted by Gasteiger charge is -2.11. The summed E-state index contributed by atoms with van der Waals surface area (Å²) in [5.41, 5.74) is 0.783. The Labute approximate surface area is 150 Å². The average molecular weight is 375 g/mol. The number of ketones is 1. The van der Waals surface area contributed by atoms with Crippen molar-refractivity contribution in [3.8, 4) is 11.5 Å². The van der Waals surface area contributed by atoms with Crippen LogP contribution < -0.4 is 14.8 Å². The zero-order valence-corrected chi connectivity index (χ0v) is 14.9. The molecule has 0 bridgehead atoms. The van der Waals surface area contributed by atoms with Gasteiger partial charge < -0.3 is 14.8 Å². The first-order chi connectivity index (χ1) is 12.3. The van der Waals surface area contributed by atoms with Gasteiger partial charge in [0.25, 0.3) is 0 Å². The monoisotopic (exact) mass is 375 g/mol. The normalized spacial score (nSPS) is 11.1. The summed E-state index contributed by atoms with van der Waals surface area (Å²) >= 11 is 0. The van der Waals surface area contributed by atoms with Crippen molar-refractivity contribution in [2.75, 3.05) is 14.2 Å². The number of unbranched alkanes of at least 4 members (excludes halogenated alkanes) is 3. The van der Waals surface area contributed by atoms with E-state index in [2.05, 4.69) is 5.32 Å². The molecule has 1 amide bonds. The third kappa shape index (κ3) is 7.76. The fraction of sp³-hybridized carbons (Fsp3) is 0.556. The third-order valence-electron chi connectivity index (χ3n) is 3.84. The van der Waals surface area contributed by atoms with Crippen LogP contribution in [0.2, 0.25) is 0 Å². The van der Waals surface area contributed by atoms with Crippen LogP contribution in [0, 0.1) is 0 Å². The molecule has 8 heteroatoms. The van der Waals surface area contributed by atoms with E-state index in [1.165, 1.54) is 7.11 Å². The van der Waals surface area contributed by atoms with E-state index in [0.29, 0.717) is 37.3 Å². The van der Waals surface area contributed by atoms with Gasteiger partial charge in [0.2, 0.25) is 11.7 Å². The van der Waals surface area contributed by atoms with Gasteiger partial charge in [-0.05, 0) is 31.0 Å². The summed E-state index contributed by atoms with van der Waals surface area (Å²) in [7, 11) is 3.09. The molecule has 0 spiro atoms. The Bertz CT molecular complexity index is 603. The average Bonchev–Trinajstić information content (AvgIpc) is 2.61. The number of carbonyl (C=O) groups is 2. The molecule has 0 aliphatic carbocycles. The summed E-state index contributed by atoms with van der Waals surface area (Å²) in [6.45, 7) is 0.291. The number of alkyl halides is 3. The van der Waals surface area contributed by atoms with Gasteiger partial charge in [0.05, 0.1) is 14.2 Å². The molecule has 0 radical (unpaired) electrons. The van der Waals surface area contributed by atoms with Crippen molar-refractivity contribution >= 4 is 11.7 Å². The van der Waals surface area contributed by atoms with E-state index in [0.717, 1.165) is 5.56 Å². The standard InChI is InChI=1S/C18H24F3NO4/c1-25-14-9-10-15(26-2)13(11-14)12-22-17(24)8-6-4-3-5-7-16(23)18(19,20)21/h9-11H,3-8,12H2,1-2H3,(H,22,24). The number of ether oxygens (including phenoxy) is 2. The van der Waals surface area contributed by atoms with Crippen molar-refractivity contribution in [2.45, 2.75) is 51.2 Å². The first-order valence-corrected chi connectivity index (χ1v) is 8.35.